The van der Waals surface area contributed by atoms with Crippen LogP contribution in [0.5, 0.6) is 0 Å². The molecule has 14 nitrogen and oxygen atoms in total. The van der Waals surface area contributed by atoms with Gasteiger partial charge in [-0.05, 0) is 0 Å². The second-order valence-electron chi connectivity index (χ2n) is 3.96. The van der Waals surface area contributed by atoms with Crippen molar-refractivity contribution >= 4 is 171 Å². The van der Waals surface area contributed by atoms with Crippen molar-refractivity contribution in [1.82, 2.24) is 0 Å². The largest absolute Gasteiger partial charge is 0.483 e. The third-order valence-electron chi connectivity index (χ3n) is 2.17. The maximum absolute atomic E-state index is 11.3. The molecule has 0 aromatic rings. The molecule has 0 aromatic heterocycles. The topological polar surface area (TPSA) is 230 Å². The smallest absolute Gasteiger partial charge is 0.387 e. The molecule has 1 heterocycles. The van der Waals surface area contributed by atoms with E-state index in [0.29, 0.717) is 0 Å². The van der Waals surface area contributed by atoms with Crippen molar-refractivity contribution in [1.29, 1.82) is 0 Å². The average Bonchev–Trinajstić information content (AvgIpc) is 2.49. The van der Waals surface area contributed by atoms with Gasteiger partial charge in [0.25, 0.3) is 0 Å². The van der Waals surface area contributed by atoms with Crippen molar-refractivity contribution in [3.8, 4) is 0 Å². The van der Waals surface area contributed by atoms with Gasteiger partial charge in [-0.3, -0.25) is 9.05 Å². The number of hydrogen-bond acceptors (Lipinski definition) is 9. The Morgan fingerprint density at radius 3 is 1.59 bits per heavy atom. The fourth-order valence-corrected chi connectivity index (χ4v) is 3.40. The van der Waals surface area contributed by atoms with E-state index in [0.717, 1.165) is 0 Å². The summed E-state index contributed by atoms with van der Waals surface area (Å²) in [7, 11) is -15.7. The first-order valence-corrected chi connectivity index (χ1v) is 9.75. The summed E-state index contributed by atoms with van der Waals surface area (Å²) >= 11 is 0. The van der Waals surface area contributed by atoms with Gasteiger partial charge in [-0.25, -0.2) is 13.7 Å². The summed E-state index contributed by atoms with van der Waals surface area (Å²) < 4.78 is 48.5. The molecule has 0 aromatic carbocycles. The predicted octanol–water partition coefficient (Wildman–Crippen LogP) is -4.14. The predicted molar refractivity (Wildman–Crippen MR) is 91.5 cm³/mol. The van der Waals surface area contributed by atoms with Crippen LogP contribution in [-0.2, 0) is 31.8 Å². The standard InChI is InChI=1S/C5H13O14P3.5Na/c6-3-2(1-16-20(8,9)10)17-5(4(3)7)18-22(14,15)19-21(11,12)13;;;;;/h2-7H,1H2,(H,14,15)(H2,8,9,10)(H2,11,12,13);;;;;. The first-order valence-electron chi connectivity index (χ1n) is 5.20. The molecule has 0 saturated carbocycles. The first-order chi connectivity index (χ1) is 9.70. The zero-order valence-electron chi connectivity index (χ0n) is 15.3. The molecule has 27 heavy (non-hydrogen) atoms. The van der Waals surface area contributed by atoms with Gasteiger partial charge in [-0.1, -0.05) is 0 Å². The molecule has 0 spiro atoms. The molecule has 5 radical (unpaired) electrons. The van der Waals surface area contributed by atoms with Crippen LogP contribution in [0.25, 0.3) is 0 Å². The van der Waals surface area contributed by atoms with E-state index in [9.17, 15) is 23.9 Å². The molecule has 22 heteroatoms. The molecule has 0 bridgehead atoms. The molecule has 0 amide bonds. The van der Waals surface area contributed by atoms with Gasteiger partial charge in [0.1, 0.15) is 18.3 Å². The summed E-state index contributed by atoms with van der Waals surface area (Å²) in [5.41, 5.74) is 0. The monoisotopic (exact) mass is 505 g/mol. The van der Waals surface area contributed by atoms with E-state index in [1.54, 1.807) is 0 Å². The van der Waals surface area contributed by atoms with Crippen LogP contribution >= 0.6 is 23.5 Å². The maximum Gasteiger partial charge on any atom is 0.483 e. The summed E-state index contributed by atoms with van der Waals surface area (Å²) in [6.07, 6.45) is -7.43. The van der Waals surface area contributed by atoms with Crippen molar-refractivity contribution in [2.45, 2.75) is 24.6 Å². The molecule has 5 atom stereocenters. The van der Waals surface area contributed by atoms with E-state index in [4.69, 9.17) is 24.5 Å². The van der Waals surface area contributed by atoms with Crippen LogP contribution in [0.15, 0.2) is 0 Å². The number of ether oxygens (including phenoxy) is 1. The molecule has 1 fully saturated rings. The molecule has 0 aliphatic carbocycles. The van der Waals surface area contributed by atoms with Crippen LogP contribution in [0.3, 0.4) is 0 Å². The second-order valence-corrected chi connectivity index (χ2v) is 7.98. The van der Waals surface area contributed by atoms with Gasteiger partial charge in [0.05, 0.1) is 6.61 Å². The zero-order chi connectivity index (χ0) is 17.3. The first kappa shape index (κ1) is 42.4. The van der Waals surface area contributed by atoms with E-state index in [2.05, 4.69) is 18.1 Å². The number of phosphoric acid groups is 3. The van der Waals surface area contributed by atoms with Crippen molar-refractivity contribution in [3.63, 3.8) is 0 Å². The quantitative estimate of drug-likeness (QED) is 0.129. The van der Waals surface area contributed by atoms with E-state index in [1.165, 1.54) is 0 Å². The van der Waals surface area contributed by atoms with Crippen LogP contribution in [0.1, 0.15) is 0 Å². The van der Waals surface area contributed by atoms with Gasteiger partial charge in [-0.2, -0.15) is 4.31 Å². The molecule has 1 saturated heterocycles. The molecule has 5 unspecified atom stereocenters. The van der Waals surface area contributed by atoms with Crippen LogP contribution in [0.4, 0.5) is 0 Å². The summed E-state index contributed by atoms with van der Waals surface area (Å²) in [6.45, 7) is -0.905. The Kier molecular flexibility index (Phi) is 27.7. The Morgan fingerprint density at radius 1 is 0.778 bits per heavy atom. The number of phosphoric ester groups is 2. The minimum absolute atomic E-state index is 0. The van der Waals surface area contributed by atoms with Gasteiger partial charge in [0, 0.05) is 148 Å². The number of hydrogen-bond donors (Lipinski definition) is 7. The normalized spacial score (nSPS) is 26.8. The van der Waals surface area contributed by atoms with Crippen molar-refractivity contribution in [2.75, 3.05) is 6.61 Å². The second kappa shape index (κ2) is 17.7. The third-order valence-corrected chi connectivity index (χ3v) is 4.81. The number of rotatable bonds is 7. The Morgan fingerprint density at radius 2 is 1.22 bits per heavy atom. The van der Waals surface area contributed by atoms with E-state index in [1.807, 2.05) is 0 Å². The van der Waals surface area contributed by atoms with Gasteiger partial charge < -0.3 is 39.4 Å². The van der Waals surface area contributed by atoms with Gasteiger partial charge in [0.2, 0.25) is 0 Å². The average molecular weight is 505 g/mol. The Bertz CT molecular complexity index is 539. The van der Waals surface area contributed by atoms with Crippen LogP contribution < -0.4 is 0 Å². The third kappa shape index (κ3) is 18.3. The summed E-state index contributed by atoms with van der Waals surface area (Å²) in [4.78, 5) is 42.8. The van der Waals surface area contributed by atoms with Crippen molar-refractivity contribution in [3.05, 3.63) is 0 Å². The van der Waals surface area contributed by atoms with Crippen LogP contribution in [0, 0.1) is 0 Å². The number of aliphatic hydroxyl groups excluding tert-OH is 2. The molecule has 137 valence electrons. The molecular weight excluding hydrogens is 492 g/mol. The van der Waals surface area contributed by atoms with Gasteiger partial charge in [-0.15, -0.1) is 0 Å². The summed E-state index contributed by atoms with van der Waals surface area (Å²) in [6, 6.07) is 0. The molecule has 1 aliphatic heterocycles. The molecule has 1 aliphatic rings. The zero-order valence-corrected chi connectivity index (χ0v) is 28.0. The fraction of sp³-hybridized carbons (Fsp3) is 1.00. The fourth-order valence-electron chi connectivity index (χ4n) is 1.39. The molecule has 1 rings (SSSR count). The molecule has 7 N–H and O–H groups in total. The Hall–Kier alpha value is 5.25. The van der Waals surface area contributed by atoms with E-state index < -0.39 is 54.7 Å². The minimum atomic E-state index is -5.39. The summed E-state index contributed by atoms with van der Waals surface area (Å²) in [5, 5.41) is 19.0. The van der Waals surface area contributed by atoms with Gasteiger partial charge in [0.15, 0.2) is 6.29 Å². The van der Waals surface area contributed by atoms with Gasteiger partial charge >= 0.3 is 23.5 Å². The van der Waals surface area contributed by atoms with E-state index in [-0.39, 0.29) is 148 Å². The van der Waals surface area contributed by atoms with Crippen molar-refractivity contribution in [2.24, 2.45) is 0 Å². The molecular formula is C5H13Na5O14P3. The van der Waals surface area contributed by atoms with Crippen LogP contribution in [0.2, 0.25) is 0 Å². The SMILES string of the molecule is O=P(O)(O)OCC1OC(OP(=O)(O)OP(=O)(O)O)C(O)C1O.[Na].[Na].[Na].[Na].[Na]. The van der Waals surface area contributed by atoms with Crippen molar-refractivity contribution < 1.29 is 66.5 Å². The number of aliphatic hydroxyl groups is 2. The maximum atomic E-state index is 11.3. The Labute approximate surface area is 264 Å². The minimum Gasteiger partial charge on any atom is -0.387 e. The summed E-state index contributed by atoms with van der Waals surface area (Å²) in [5.74, 6) is 0. The Balaban J connectivity index is -0.000000323. The van der Waals surface area contributed by atoms with Crippen LogP contribution in [-0.4, -0.2) is 214 Å². The van der Waals surface area contributed by atoms with E-state index >= 15 is 0 Å².